The summed E-state index contributed by atoms with van der Waals surface area (Å²) in [6.07, 6.45) is 0.424. The SMILES string of the molecule is CC[C@H](C(=O)OC)[C@H](NC1(c2ccccc2)c2ccccc2-c2ccccc21)C(=O)OC. The van der Waals surface area contributed by atoms with Crippen molar-refractivity contribution in [3.05, 3.63) is 95.6 Å². The number of hydrogen-bond acceptors (Lipinski definition) is 5. The highest BCUT2D eigenvalue weighted by Gasteiger charge is 2.49. The number of benzene rings is 3. The van der Waals surface area contributed by atoms with Gasteiger partial charge >= 0.3 is 11.9 Å². The zero-order chi connectivity index (χ0) is 22.7. The highest BCUT2D eigenvalue weighted by atomic mass is 16.5. The minimum absolute atomic E-state index is 0.424. The number of esters is 2. The van der Waals surface area contributed by atoms with E-state index in [-0.39, 0.29) is 0 Å². The van der Waals surface area contributed by atoms with Gasteiger partial charge in [0, 0.05) is 0 Å². The van der Waals surface area contributed by atoms with Gasteiger partial charge in [-0.25, -0.2) is 0 Å². The first-order chi connectivity index (χ1) is 15.6. The molecule has 0 radical (unpaired) electrons. The van der Waals surface area contributed by atoms with Crippen molar-refractivity contribution < 1.29 is 19.1 Å². The molecule has 0 aliphatic heterocycles. The average molecular weight is 430 g/mol. The third kappa shape index (κ3) is 3.39. The van der Waals surface area contributed by atoms with E-state index in [1.54, 1.807) is 0 Å². The molecule has 0 amide bonds. The number of hydrogen-bond donors (Lipinski definition) is 1. The van der Waals surface area contributed by atoms with Crippen LogP contribution < -0.4 is 5.32 Å². The molecule has 0 aromatic heterocycles. The lowest BCUT2D eigenvalue weighted by Gasteiger charge is -2.38. The summed E-state index contributed by atoms with van der Waals surface area (Å²) in [5.41, 5.74) is 4.38. The fourth-order valence-corrected chi connectivity index (χ4v) is 4.85. The molecule has 5 nitrogen and oxygen atoms in total. The van der Waals surface area contributed by atoms with Crippen molar-refractivity contribution in [2.24, 2.45) is 5.92 Å². The first-order valence-corrected chi connectivity index (χ1v) is 10.8. The van der Waals surface area contributed by atoms with Gasteiger partial charge in [0.2, 0.25) is 0 Å². The summed E-state index contributed by atoms with van der Waals surface area (Å²) in [5.74, 6) is -1.65. The number of carbonyl (C=O) groups is 2. The average Bonchev–Trinajstić information content (AvgIpc) is 3.14. The minimum atomic E-state index is -0.906. The molecular formula is C27H27NO4. The zero-order valence-corrected chi connectivity index (χ0v) is 18.5. The van der Waals surface area contributed by atoms with Crippen LogP contribution in [0.15, 0.2) is 78.9 Å². The molecule has 0 spiro atoms. The third-order valence-corrected chi connectivity index (χ3v) is 6.33. The molecule has 2 atom stereocenters. The van der Waals surface area contributed by atoms with Crippen molar-refractivity contribution in [2.75, 3.05) is 14.2 Å². The molecule has 0 fully saturated rings. The van der Waals surface area contributed by atoms with Gasteiger partial charge in [0.05, 0.1) is 25.7 Å². The molecule has 1 N–H and O–H groups in total. The predicted octanol–water partition coefficient (Wildman–Crippen LogP) is 4.29. The van der Waals surface area contributed by atoms with Crippen LogP contribution in [0.3, 0.4) is 0 Å². The minimum Gasteiger partial charge on any atom is -0.469 e. The van der Waals surface area contributed by atoms with E-state index in [4.69, 9.17) is 9.47 Å². The lowest BCUT2D eigenvalue weighted by atomic mass is 9.79. The summed E-state index contributed by atoms with van der Waals surface area (Å²) in [5, 5.41) is 3.60. The molecular weight excluding hydrogens is 402 g/mol. The Morgan fingerprint density at radius 1 is 0.781 bits per heavy atom. The van der Waals surface area contributed by atoms with Gasteiger partial charge in [0.1, 0.15) is 6.04 Å². The van der Waals surface area contributed by atoms with Crippen LogP contribution in [0.5, 0.6) is 0 Å². The molecule has 0 bridgehead atoms. The van der Waals surface area contributed by atoms with E-state index < -0.39 is 29.4 Å². The molecule has 5 heteroatoms. The number of carbonyl (C=O) groups excluding carboxylic acids is 2. The first kappa shape index (κ1) is 21.8. The van der Waals surface area contributed by atoms with Crippen LogP contribution in [-0.2, 0) is 24.6 Å². The van der Waals surface area contributed by atoms with Crippen LogP contribution in [-0.4, -0.2) is 32.2 Å². The molecule has 4 rings (SSSR count). The maximum atomic E-state index is 13.0. The Morgan fingerprint density at radius 2 is 1.28 bits per heavy atom. The van der Waals surface area contributed by atoms with Crippen molar-refractivity contribution in [3.8, 4) is 11.1 Å². The van der Waals surface area contributed by atoms with E-state index in [9.17, 15) is 9.59 Å². The molecule has 3 aromatic carbocycles. The van der Waals surface area contributed by atoms with Gasteiger partial charge in [-0.1, -0.05) is 85.8 Å². The number of methoxy groups -OCH3 is 2. The summed E-state index contributed by atoms with van der Waals surface area (Å²) in [6.45, 7) is 1.87. The third-order valence-electron chi connectivity index (χ3n) is 6.33. The van der Waals surface area contributed by atoms with Crippen LogP contribution in [0.2, 0.25) is 0 Å². The molecule has 1 aliphatic rings. The van der Waals surface area contributed by atoms with E-state index in [0.717, 1.165) is 27.8 Å². The summed E-state index contributed by atoms with van der Waals surface area (Å²) in [6, 6.07) is 25.4. The number of fused-ring (bicyclic) bond motifs is 3. The molecule has 0 unspecified atom stereocenters. The number of rotatable bonds is 7. The summed E-state index contributed by atoms with van der Waals surface area (Å²) < 4.78 is 10.2. The van der Waals surface area contributed by atoms with Crippen molar-refractivity contribution in [1.29, 1.82) is 0 Å². The van der Waals surface area contributed by atoms with Gasteiger partial charge in [0.15, 0.2) is 0 Å². The fraction of sp³-hybridized carbons (Fsp3) is 0.259. The van der Waals surface area contributed by atoms with Gasteiger partial charge < -0.3 is 9.47 Å². The van der Waals surface area contributed by atoms with Crippen molar-refractivity contribution in [2.45, 2.75) is 24.9 Å². The van der Waals surface area contributed by atoms with Gasteiger partial charge in [-0.2, -0.15) is 0 Å². The van der Waals surface area contributed by atoms with E-state index >= 15 is 0 Å². The van der Waals surface area contributed by atoms with Gasteiger partial charge in [0.25, 0.3) is 0 Å². The van der Waals surface area contributed by atoms with E-state index in [1.165, 1.54) is 14.2 Å². The van der Waals surface area contributed by atoms with Crippen molar-refractivity contribution in [1.82, 2.24) is 5.32 Å². The topological polar surface area (TPSA) is 64.6 Å². The zero-order valence-electron chi connectivity index (χ0n) is 18.5. The van der Waals surface area contributed by atoms with E-state index in [1.807, 2.05) is 61.5 Å². The molecule has 0 heterocycles. The largest absolute Gasteiger partial charge is 0.469 e. The predicted molar refractivity (Wildman–Crippen MR) is 123 cm³/mol. The fourth-order valence-electron chi connectivity index (χ4n) is 4.85. The molecule has 32 heavy (non-hydrogen) atoms. The summed E-state index contributed by atoms with van der Waals surface area (Å²) in [4.78, 5) is 25.7. The standard InChI is InChI=1S/C27H27NO4/c1-4-19(25(29)31-2)24(26(30)32-3)28-27(18-12-6-5-7-13-18)22-16-10-8-14-20(22)21-15-9-11-17-23(21)27/h5-17,19,24,28H,4H2,1-3H3/t19-,24-/m0/s1. The van der Waals surface area contributed by atoms with Crippen LogP contribution >= 0.6 is 0 Å². The maximum Gasteiger partial charge on any atom is 0.323 e. The van der Waals surface area contributed by atoms with Crippen LogP contribution in [0.1, 0.15) is 30.0 Å². The quantitative estimate of drug-likeness (QED) is 0.568. The smallest absolute Gasteiger partial charge is 0.323 e. The Kier molecular flexibility index (Phi) is 6.10. The lowest BCUT2D eigenvalue weighted by Crippen LogP contribution is -2.56. The molecule has 164 valence electrons. The number of nitrogens with one attached hydrogen (secondary N) is 1. The van der Waals surface area contributed by atoms with E-state index in [0.29, 0.717) is 6.42 Å². The number of ether oxygens (including phenoxy) is 2. The maximum absolute atomic E-state index is 13.0. The second-order valence-corrected chi connectivity index (χ2v) is 7.89. The normalized spacial score (nSPS) is 15.2. The highest BCUT2D eigenvalue weighted by Crippen LogP contribution is 2.51. The Balaban J connectivity index is 1.99. The Bertz CT molecular complexity index is 1080. The summed E-state index contributed by atoms with van der Waals surface area (Å²) in [7, 11) is 2.68. The molecule has 0 saturated carbocycles. The monoisotopic (exact) mass is 429 g/mol. The summed E-state index contributed by atoms with van der Waals surface area (Å²) >= 11 is 0. The van der Waals surface area contributed by atoms with Crippen LogP contribution in [0.25, 0.3) is 11.1 Å². The van der Waals surface area contributed by atoms with Gasteiger partial charge in [-0.15, -0.1) is 0 Å². The lowest BCUT2D eigenvalue weighted by molar-refractivity contribution is -0.155. The van der Waals surface area contributed by atoms with Crippen molar-refractivity contribution in [3.63, 3.8) is 0 Å². The van der Waals surface area contributed by atoms with Crippen molar-refractivity contribution >= 4 is 11.9 Å². The Morgan fingerprint density at radius 3 is 1.78 bits per heavy atom. The first-order valence-electron chi connectivity index (χ1n) is 10.8. The Hall–Kier alpha value is -3.44. The Labute approximate surface area is 188 Å². The van der Waals surface area contributed by atoms with Gasteiger partial charge in [-0.05, 0) is 34.2 Å². The van der Waals surface area contributed by atoms with E-state index in [2.05, 4.69) is 29.6 Å². The van der Waals surface area contributed by atoms with Crippen LogP contribution in [0, 0.1) is 5.92 Å². The molecule has 1 aliphatic carbocycles. The second kappa shape index (κ2) is 8.97. The molecule has 3 aromatic rings. The molecule has 0 saturated heterocycles. The van der Waals surface area contributed by atoms with Crippen LogP contribution in [0.4, 0.5) is 0 Å². The second-order valence-electron chi connectivity index (χ2n) is 7.89. The van der Waals surface area contributed by atoms with Gasteiger partial charge in [-0.3, -0.25) is 14.9 Å². The highest BCUT2D eigenvalue weighted by molar-refractivity contribution is 5.87.